The molecule has 108 valence electrons. The highest BCUT2D eigenvalue weighted by Crippen LogP contribution is 2.38. The number of imidazole rings is 1. The van der Waals surface area contributed by atoms with Crippen molar-refractivity contribution in [3.8, 4) is 0 Å². The first-order valence-corrected chi connectivity index (χ1v) is 7.10. The standard InChI is InChI=1S/C15H19F2N3/c1-15(7-3-2-4-8-15)9-20-13-11(19-14(20)18)6-5-10(16)12(13)17/h5-6H,2-4,7-9H2,1H3,(H2,18,19). The monoisotopic (exact) mass is 279 g/mol. The number of aromatic nitrogens is 2. The molecule has 2 N–H and O–H groups in total. The second kappa shape index (κ2) is 4.72. The minimum atomic E-state index is -0.855. The molecule has 2 aromatic rings. The zero-order valence-electron chi connectivity index (χ0n) is 11.6. The molecule has 1 aromatic carbocycles. The topological polar surface area (TPSA) is 43.8 Å². The molecule has 1 aliphatic rings. The van der Waals surface area contributed by atoms with Crippen LogP contribution >= 0.6 is 0 Å². The van der Waals surface area contributed by atoms with Crippen LogP contribution in [0.4, 0.5) is 14.7 Å². The summed E-state index contributed by atoms with van der Waals surface area (Å²) in [5, 5.41) is 0. The average Bonchev–Trinajstić information content (AvgIpc) is 2.72. The van der Waals surface area contributed by atoms with Gasteiger partial charge in [0.2, 0.25) is 5.95 Å². The van der Waals surface area contributed by atoms with E-state index in [1.165, 1.54) is 25.3 Å². The minimum Gasteiger partial charge on any atom is -0.369 e. The molecule has 0 atom stereocenters. The third-order valence-electron chi connectivity index (χ3n) is 4.43. The predicted molar refractivity (Wildman–Crippen MR) is 75.3 cm³/mol. The molecule has 3 rings (SSSR count). The molecule has 1 saturated carbocycles. The average molecular weight is 279 g/mol. The minimum absolute atomic E-state index is 0.0821. The van der Waals surface area contributed by atoms with Gasteiger partial charge < -0.3 is 10.3 Å². The molecule has 1 fully saturated rings. The maximum absolute atomic E-state index is 14.1. The second-order valence-corrected chi connectivity index (χ2v) is 6.16. The van der Waals surface area contributed by atoms with Crippen molar-refractivity contribution in [3.63, 3.8) is 0 Å². The fourth-order valence-corrected chi connectivity index (χ4v) is 3.28. The highest BCUT2D eigenvalue weighted by atomic mass is 19.2. The van der Waals surface area contributed by atoms with Gasteiger partial charge in [0.25, 0.3) is 0 Å². The van der Waals surface area contributed by atoms with Crippen LogP contribution in [0, 0.1) is 17.0 Å². The van der Waals surface area contributed by atoms with Crippen LogP contribution < -0.4 is 5.73 Å². The largest absolute Gasteiger partial charge is 0.369 e. The summed E-state index contributed by atoms with van der Waals surface area (Å²) in [6, 6.07) is 2.57. The number of hydrogen-bond acceptors (Lipinski definition) is 2. The second-order valence-electron chi connectivity index (χ2n) is 6.16. The van der Waals surface area contributed by atoms with Gasteiger partial charge in [0, 0.05) is 6.54 Å². The van der Waals surface area contributed by atoms with E-state index in [4.69, 9.17) is 5.73 Å². The molecule has 0 spiro atoms. The molecule has 3 nitrogen and oxygen atoms in total. The molecule has 1 heterocycles. The van der Waals surface area contributed by atoms with Crippen molar-refractivity contribution in [2.45, 2.75) is 45.6 Å². The van der Waals surface area contributed by atoms with Crippen molar-refractivity contribution >= 4 is 17.0 Å². The molecule has 20 heavy (non-hydrogen) atoms. The lowest BCUT2D eigenvalue weighted by molar-refractivity contribution is 0.186. The molecule has 0 amide bonds. The molecular formula is C15H19F2N3. The Morgan fingerprint density at radius 2 is 1.95 bits per heavy atom. The van der Waals surface area contributed by atoms with Crippen LogP contribution in [0.5, 0.6) is 0 Å². The van der Waals surface area contributed by atoms with Crippen LogP contribution in [0.25, 0.3) is 11.0 Å². The predicted octanol–water partition coefficient (Wildman–Crippen LogP) is 3.87. The van der Waals surface area contributed by atoms with Gasteiger partial charge in [-0.15, -0.1) is 0 Å². The number of halogens is 2. The van der Waals surface area contributed by atoms with Crippen LogP contribution in [0.2, 0.25) is 0 Å². The van der Waals surface area contributed by atoms with E-state index in [-0.39, 0.29) is 16.9 Å². The van der Waals surface area contributed by atoms with Crippen LogP contribution in [-0.4, -0.2) is 9.55 Å². The number of rotatable bonds is 2. The van der Waals surface area contributed by atoms with Crippen LogP contribution in [0.3, 0.4) is 0 Å². The molecule has 0 saturated heterocycles. The van der Waals surface area contributed by atoms with Gasteiger partial charge in [-0.05, 0) is 30.4 Å². The number of benzene rings is 1. The maximum atomic E-state index is 14.1. The fourth-order valence-electron chi connectivity index (χ4n) is 3.28. The van der Waals surface area contributed by atoms with Gasteiger partial charge in [0.15, 0.2) is 11.6 Å². The van der Waals surface area contributed by atoms with Crippen molar-refractivity contribution in [2.75, 3.05) is 5.73 Å². The number of hydrogen-bond donors (Lipinski definition) is 1. The van der Waals surface area contributed by atoms with Crippen LogP contribution in [-0.2, 0) is 6.54 Å². The fraction of sp³-hybridized carbons (Fsp3) is 0.533. The quantitative estimate of drug-likeness (QED) is 0.907. The molecule has 0 unspecified atom stereocenters. The number of nitrogen functional groups attached to an aromatic ring is 1. The van der Waals surface area contributed by atoms with E-state index < -0.39 is 11.6 Å². The molecule has 1 aromatic heterocycles. The molecule has 5 heteroatoms. The van der Waals surface area contributed by atoms with Gasteiger partial charge in [0.05, 0.1) is 5.52 Å². The summed E-state index contributed by atoms with van der Waals surface area (Å²) >= 11 is 0. The number of fused-ring (bicyclic) bond motifs is 1. The summed E-state index contributed by atoms with van der Waals surface area (Å²) in [5.74, 6) is -1.45. The number of nitrogens with two attached hydrogens (primary N) is 1. The number of anilines is 1. The Bertz CT molecular complexity index is 642. The highest BCUT2D eigenvalue weighted by Gasteiger charge is 2.29. The van der Waals surface area contributed by atoms with Gasteiger partial charge in [0.1, 0.15) is 5.52 Å². The van der Waals surface area contributed by atoms with Crippen LogP contribution in [0.1, 0.15) is 39.0 Å². The Labute approximate surface area is 116 Å². The first-order valence-electron chi connectivity index (χ1n) is 7.10. The smallest absolute Gasteiger partial charge is 0.201 e. The van der Waals surface area contributed by atoms with Crippen molar-refractivity contribution in [2.24, 2.45) is 5.41 Å². The lowest BCUT2D eigenvalue weighted by Gasteiger charge is -2.34. The number of nitrogens with zero attached hydrogens (tertiary/aromatic N) is 2. The van der Waals surface area contributed by atoms with Gasteiger partial charge in [-0.2, -0.15) is 0 Å². The summed E-state index contributed by atoms with van der Waals surface area (Å²) in [6.45, 7) is 2.78. The lowest BCUT2D eigenvalue weighted by Crippen LogP contribution is -2.27. The third-order valence-corrected chi connectivity index (χ3v) is 4.43. The highest BCUT2D eigenvalue weighted by molar-refractivity contribution is 5.79. The Balaban J connectivity index is 2.06. The summed E-state index contributed by atoms with van der Waals surface area (Å²) in [4.78, 5) is 4.15. The van der Waals surface area contributed by atoms with Gasteiger partial charge >= 0.3 is 0 Å². The first-order chi connectivity index (χ1) is 9.50. The first kappa shape index (κ1) is 13.3. The Hall–Kier alpha value is -1.65. The van der Waals surface area contributed by atoms with E-state index in [1.54, 1.807) is 4.57 Å². The normalized spacial score (nSPS) is 18.6. The Kier molecular flexibility index (Phi) is 3.15. The molecule has 1 aliphatic carbocycles. The van der Waals surface area contributed by atoms with E-state index in [0.717, 1.165) is 18.9 Å². The molecule has 0 aliphatic heterocycles. The zero-order chi connectivity index (χ0) is 14.3. The van der Waals surface area contributed by atoms with E-state index in [1.807, 2.05) is 0 Å². The van der Waals surface area contributed by atoms with Gasteiger partial charge in [-0.1, -0.05) is 26.2 Å². The van der Waals surface area contributed by atoms with E-state index in [0.29, 0.717) is 12.1 Å². The summed E-state index contributed by atoms with van der Waals surface area (Å²) in [7, 11) is 0. The molecule has 0 radical (unpaired) electrons. The zero-order valence-corrected chi connectivity index (χ0v) is 11.6. The summed E-state index contributed by atoms with van der Waals surface area (Å²) in [5.41, 5.74) is 6.60. The van der Waals surface area contributed by atoms with Crippen molar-refractivity contribution in [1.29, 1.82) is 0 Å². The van der Waals surface area contributed by atoms with Gasteiger partial charge in [-0.3, -0.25) is 0 Å². The maximum Gasteiger partial charge on any atom is 0.201 e. The summed E-state index contributed by atoms with van der Waals surface area (Å²) < 4.78 is 29.2. The van der Waals surface area contributed by atoms with E-state index in [2.05, 4.69) is 11.9 Å². The molecule has 0 bridgehead atoms. The van der Waals surface area contributed by atoms with Crippen molar-refractivity contribution < 1.29 is 8.78 Å². The van der Waals surface area contributed by atoms with Gasteiger partial charge in [-0.25, -0.2) is 13.8 Å². The van der Waals surface area contributed by atoms with Crippen LogP contribution in [0.15, 0.2) is 12.1 Å². The van der Waals surface area contributed by atoms with E-state index in [9.17, 15) is 8.78 Å². The SMILES string of the molecule is CC1(Cn2c(N)nc3ccc(F)c(F)c32)CCCCC1. The lowest BCUT2D eigenvalue weighted by atomic mass is 9.75. The Morgan fingerprint density at radius 1 is 1.25 bits per heavy atom. The molecular weight excluding hydrogens is 260 g/mol. The van der Waals surface area contributed by atoms with Crippen molar-refractivity contribution in [3.05, 3.63) is 23.8 Å². The van der Waals surface area contributed by atoms with E-state index >= 15 is 0 Å². The van der Waals surface area contributed by atoms with Crippen molar-refractivity contribution in [1.82, 2.24) is 9.55 Å². The summed E-state index contributed by atoms with van der Waals surface area (Å²) in [6.07, 6.45) is 5.78. The third kappa shape index (κ3) is 2.15. The Morgan fingerprint density at radius 3 is 2.65 bits per heavy atom.